The molecule has 2 unspecified atom stereocenters. The molecule has 0 amide bonds. The van der Waals surface area contributed by atoms with Gasteiger partial charge in [-0.3, -0.25) is 9.59 Å². The molecule has 4 aromatic rings. The van der Waals surface area contributed by atoms with Gasteiger partial charge in [-0.15, -0.1) is 11.3 Å². The molecule has 0 spiro atoms. The van der Waals surface area contributed by atoms with Crippen LogP contribution in [0.3, 0.4) is 0 Å². The largest absolute Gasteiger partial charge is 0.481 e. The lowest BCUT2D eigenvalue weighted by Crippen LogP contribution is -2.24. The van der Waals surface area contributed by atoms with Crippen molar-refractivity contribution in [1.82, 2.24) is 0 Å². The number of nitrogens with zero attached hydrogens (tertiary/aromatic N) is 1. The Hall–Kier alpha value is -4.42. The molecule has 0 radical (unpaired) electrons. The van der Waals surface area contributed by atoms with E-state index in [9.17, 15) is 9.59 Å². The normalized spacial score (nSPS) is 20.7. The van der Waals surface area contributed by atoms with Gasteiger partial charge in [-0.25, -0.2) is 0 Å². The topological polar surface area (TPSA) is 59.8 Å². The van der Waals surface area contributed by atoms with Gasteiger partial charge in [-0.05, 0) is 53.9 Å². The summed E-state index contributed by atoms with van der Waals surface area (Å²) in [5, 5.41) is 1.76. The number of fused-ring (bicyclic) bond motifs is 4. The summed E-state index contributed by atoms with van der Waals surface area (Å²) in [4.78, 5) is 28.0. The average Bonchev–Trinajstić information content (AvgIpc) is 3.66. The van der Waals surface area contributed by atoms with Gasteiger partial charge < -0.3 is 14.1 Å². The van der Waals surface area contributed by atoms with Gasteiger partial charge in [0.2, 0.25) is 5.78 Å². The molecule has 0 saturated carbocycles. The monoisotopic (exact) mass is 489 g/mol. The molecule has 0 fully saturated rings. The van der Waals surface area contributed by atoms with Crippen molar-refractivity contribution in [3.05, 3.63) is 130 Å². The molecule has 3 aliphatic rings. The first-order chi connectivity index (χ1) is 17.7. The molecule has 6 heteroatoms. The van der Waals surface area contributed by atoms with Crippen LogP contribution in [-0.2, 0) is 0 Å². The van der Waals surface area contributed by atoms with Gasteiger partial charge >= 0.3 is 0 Å². The fraction of sp³-hybridized carbons (Fsp3) is 0.0667. The summed E-state index contributed by atoms with van der Waals surface area (Å²) in [5.74, 6) is 1.21. The molecular formula is C30H19NO4S. The summed E-state index contributed by atoms with van der Waals surface area (Å²) in [6.07, 6.45) is 7.61. The van der Waals surface area contributed by atoms with Gasteiger partial charge in [-0.2, -0.15) is 0 Å². The van der Waals surface area contributed by atoms with Gasteiger partial charge in [0.1, 0.15) is 11.9 Å². The molecular weight excluding hydrogens is 470 g/mol. The third-order valence-electron chi connectivity index (χ3n) is 6.65. The summed E-state index contributed by atoms with van der Waals surface area (Å²) in [7, 11) is 0. The first kappa shape index (κ1) is 20.9. The van der Waals surface area contributed by atoms with E-state index in [1.165, 1.54) is 17.4 Å². The van der Waals surface area contributed by atoms with Crippen molar-refractivity contribution in [2.75, 3.05) is 4.90 Å². The molecule has 36 heavy (non-hydrogen) atoms. The van der Waals surface area contributed by atoms with E-state index in [0.29, 0.717) is 27.7 Å². The minimum Gasteiger partial charge on any atom is -0.481 e. The van der Waals surface area contributed by atoms with Crippen LogP contribution in [0.1, 0.15) is 37.5 Å². The minimum absolute atomic E-state index is 0.0825. The number of ether oxygens (including phenoxy) is 1. The van der Waals surface area contributed by atoms with Crippen molar-refractivity contribution in [1.29, 1.82) is 0 Å². The third-order valence-corrected chi connectivity index (χ3v) is 7.57. The van der Waals surface area contributed by atoms with Gasteiger partial charge in [0.25, 0.3) is 0 Å². The summed E-state index contributed by atoms with van der Waals surface area (Å²) in [6.45, 7) is 0. The van der Waals surface area contributed by atoms with E-state index in [1.54, 1.807) is 17.5 Å². The maximum absolute atomic E-state index is 12.6. The first-order valence-electron chi connectivity index (χ1n) is 11.7. The van der Waals surface area contributed by atoms with Crippen molar-refractivity contribution in [2.45, 2.75) is 12.0 Å². The highest BCUT2D eigenvalue weighted by molar-refractivity contribution is 7.13. The predicted octanol–water partition coefficient (Wildman–Crippen LogP) is 6.94. The highest BCUT2D eigenvalue weighted by Crippen LogP contribution is 2.46. The number of hydrogen-bond acceptors (Lipinski definition) is 6. The number of rotatable bonds is 4. The number of thiophene rings is 1. The van der Waals surface area contributed by atoms with Gasteiger partial charge in [0.15, 0.2) is 17.3 Å². The maximum Gasteiger partial charge on any atom is 0.207 e. The van der Waals surface area contributed by atoms with E-state index >= 15 is 0 Å². The van der Waals surface area contributed by atoms with Crippen LogP contribution in [0.4, 0.5) is 11.4 Å². The van der Waals surface area contributed by atoms with Crippen LogP contribution in [0.15, 0.2) is 112 Å². The number of carbonyl (C=O) groups is 2. The van der Waals surface area contributed by atoms with E-state index in [-0.39, 0.29) is 29.2 Å². The minimum atomic E-state index is -0.251. The second-order valence-electron chi connectivity index (χ2n) is 8.82. The van der Waals surface area contributed by atoms with E-state index in [1.807, 2.05) is 36.4 Å². The molecule has 0 N–H and O–H groups in total. The zero-order valence-corrected chi connectivity index (χ0v) is 19.8. The van der Waals surface area contributed by atoms with Crippen LogP contribution in [0.2, 0.25) is 0 Å². The van der Waals surface area contributed by atoms with E-state index in [4.69, 9.17) is 9.15 Å². The smallest absolute Gasteiger partial charge is 0.207 e. The van der Waals surface area contributed by atoms with Crippen LogP contribution < -0.4 is 9.64 Å². The molecule has 0 bridgehead atoms. The lowest BCUT2D eigenvalue weighted by atomic mass is 9.95. The molecule has 5 nitrogen and oxygen atoms in total. The molecule has 2 aliphatic carbocycles. The number of ketones is 2. The second-order valence-corrected chi connectivity index (χ2v) is 9.74. The first-order valence-corrected chi connectivity index (χ1v) is 12.5. The molecule has 1 aliphatic heterocycles. The highest BCUT2D eigenvalue weighted by Gasteiger charge is 2.39. The predicted molar refractivity (Wildman–Crippen MR) is 139 cm³/mol. The molecule has 2 aromatic carbocycles. The number of allylic oxidation sites excluding steroid dienone is 2. The second kappa shape index (κ2) is 8.07. The van der Waals surface area contributed by atoms with Crippen LogP contribution in [-0.4, -0.2) is 17.7 Å². The maximum atomic E-state index is 12.6. The Labute approximate surface area is 211 Å². The summed E-state index contributed by atoms with van der Waals surface area (Å²) in [6, 6.07) is 23.9. The standard InChI is InChI=1S/C30H19NO4S/c32-27-23-13-14-36-30(23)28(33)24(27)16-21-17-26-29(34-21)22-12-11-20(15-25(22)35-26)31(18-7-3-1-4-8-18)19-9-5-2-6-10-19/h1-17,22,25H/b24-16+. The van der Waals surface area contributed by atoms with E-state index in [2.05, 4.69) is 47.4 Å². The van der Waals surface area contributed by atoms with Crippen LogP contribution in [0, 0.1) is 0 Å². The summed E-state index contributed by atoms with van der Waals surface area (Å²) in [5.41, 5.74) is 3.74. The Balaban J connectivity index is 1.18. The SMILES string of the molecule is O=C1/C(=C\c2cc3c(o2)C2C=CC(N(c4ccccc4)c4ccccc4)=CC2O3)C(=O)c2sccc21. The Morgan fingerprint density at radius 1 is 0.889 bits per heavy atom. The number of anilines is 2. The van der Waals surface area contributed by atoms with E-state index in [0.717, 1.165) is 17.1 Å². The number of furan rings is 1. The number of hydrogen-bond donors (Lipinski definition) is 0. The molecule has 2 atom stereocenters. The third kappa shape index (κ3) is 3.22. The molecule has 0 saturated heterocycles. The number of carbonyl (C=O) groups excluding carboxylic acids is 2. The molecule has 174 valence electrons. The summed E-state index contributed by atoms with van der Waals surface area (Å²) >= 11 is 1.29. The molecule has 7 rings (SSSR count). The van der Waals surface area contributed by atoms with Gasteiger partial charge in [-0.1, -0.05) is 42.5 Å². The van der Waals surface area contributed by atoms with Gasteiger partial charge in [0.05, 0.1) is 16.4 Å². The van der Waals surface area contributed by atoms with Crippen LogP contribution >= 0.6 is 11.3 Å². The molecule has 3 heterocycles. The Morgan fingerprint density at radius 2 is 1.61 bits per heavy atom. The quantitative estimate of drug-likeness (QED) is 0.230. The number of para-hydroxylation sites is 2. The zero-order valence-electron chi connectivity index (χ0n) is 19.0. The zero-order chi connectivity index (χ0) is 24.2. The lowest BCUT2D eigenvalue weighted by molar-refractivity contribution is 0.0991. The summed E-state index contributed by atoms with van der Waals surface area (Å²) < 4.78 is 12.4. The Bertz CT molecular complexity index is 1530. The van der Waals surface area contributed by atoms with Crippen LogP contribution in [0.25, 0.3) is 6.08 Å². The number of benzene rings is 2. The van der Waals surface area contributed by atoms with Crippen molar-refractivity contribution in [2.24, 2.45) is 0 Å². The fourth-order valence-electron chi connectivity index (χ4n) is 4.99. The van der Waals surface area contributed by atoms with Crippen molar-refractivity contribution >= 4 is 40.4 Å². The van der Waals surface area contributed by atoms with Crippen molar-refractivity contribution in [3.63, 3.8) is 0 Å². The van der Waals surface area contributed by atoms with Crippen LogP contribution in [0.5, 0.6) is 5.75 Å². The van der Waals surface area contributed by atoms with Crippen molar-refractivity contribution in [3.8, 4) is 5.75 Å². The Morgan fingerprint density at radius 3 is 2.31 bits per heavy atom. The number of Topliss-reactive ketones (excluding diaryl/α,β-unsaturated/α-hetero) is 2. The van der Waals surface area contributed by atoms with Crippen molar-refractivity contribution < 1.29 is 18.7 Å². The fourth-order valence-corrected chi connectivity index (χ4v) is 5.84. The average molecular weight is 490 g/mol. The Kier molecular flexibility index (Phi) is 4.69. The van der Waals surface area contributed by atoms with E-state index < -0.39 is 0 Å². The molecule has 2 aromatic heterocycles. The highest BCUT2D eigenvalue weighted by atomic mass is 32.1. The van der Waals surface area contributed by atoms with Gasteiger partial charge in [0, 0.05) is 28.7 Å². The lowest BCUT2D eigenvalue weighted by Gasteiger charge is -2.29.